The summed E-state index contributed by atoms with van der Waals surface area (Å²) in [5.41, 5.74) is 0. The summed E-state index contributed by atoms with van der Waals surface area (Å²) >= 11 is 5.64. The molecule has 112 valence electrons. The quantitative estimate of drug-likeness (QED) is 0.929. The molecular formula is C13H17ClFNO3S. The van der Waals surface area contributed by atoms with Gasteiger partial charge in [-0.3, -0.25) is 0 Å². The number of nitrogens with zero attached hydrogens (tertiary/aromatic N) is 1. The number of piperidine rings is 1. The molecule has 7 heteroatoms. The first kappa shape index (κ1) is 15.7. The molecule has 0 spiro atoms. The van der Waals surface area contributed by atoms with E-state index in [1.165, 1.54) is 16.4 Å². The van der Waals surface area contributed by atoms with Crippen molar-refractivity contribution in [3.05, 3.63) is 29.0 Å². The number of rotatable bonds is 3. The third-order valence-electron chi connectivity index (χ3n) is 3.61. The van der Waals surface area contributed by atoms with Crippen molar-refractivity contribution in [3.8, 4) is 0 Å². The highest BCUT2D eigenvalue weighted by Gasteiger charge is 2.33. The fourth-order valence-electron chi connectivity index (χ4n) is 2.41. The Labute approximate surface area is 123 Å². The summed E-state index contributed by atoms with van der Waals surface area (Å²) in [6.07, 6.45) is 0.847. The van der Waals surface area contributed by atoms with Crippen LogP contribution in [0.15, 0.2) is 23.1 Å². The van der Waals surface area contributed by atoms with Crippen molar-refractivity contribution < 1.29 is 17.9 Å². The van der Waals surface area contributed by atoms with Crippen LogP contribution in [0.25, 0.3) is 0 Å². The summed E-state index contributed by atoms with van der Waals surface area (Å²) in [5, 5.41) is 9.76. The predicted molar refractivity (Wildman–Crippen MR) is 74.6 cm³/mol. The molecule has 1 saturated heterocycles. The highest BCUT2D eigenvalue weighted by molar-refractivity contribution is 7.89. The highest BCUT2D eigenvalue weighted by Crippen LogP contribution is 2.27. The minimum absolute atomic E-state index is 0.117. The van der Waals surface area contributed by atoms with E-state index < -0.39 is 21.9 Å². The number of aliphatic hydroxyl groups excluding tert-OH is 1. The van der Waals surface area contributed by atoms with Crippen LogP contribution in [0.3, 0.4) is 0 Å². The van der Waals surface area contributed by atoms with Crippen molar-refractivity contribution in [2.24, 2.45) is 5.92 Å². The number of hydrogen-bond acceptors (Lipinski definition) is 3. The average Bonchev–Trinajstić information content (AvgIpc) is 2.38. The summed E-state index contributed by atoms with van der Waals surface area (Å²) in [6, 6.07) is 3.52. The van der Waals surface area contributed by atoms with Crippen LogP contribution in [0.5, 0.6) is 0 Å². The van der Waals surface area contributed by atoms with Gasteiger partial charge in [0.2, 0.25) is 10.0 Å². The van der Waals surface area contributed by atoms with Gasteiger partial charge in [-0.1, -0.05) is 11.6 Å². The molecule has 20 heavy (non-hydrogen) atoms. The van der Waals surface area contributed by atoms with Crippen molar-refractivity contribution in [1.29, 1.82) is 0 Å². The van der Waals surface area contributed by atoms with Gasteiger partial charge < -0.3 is 5.11 Å². The van der Waals surface area contributed by atoms with Gasteiger partial charge in [-0.15, -0.1) is 0 Å². The maximum absolute atomic E-state index is 13.8. The zero-order chi connectivity index (χ0) is 14.9. The Morgan fingerprint density at radius 3 is 2.80 bits per heavy atom. The smallest absolute Gasteiger partial charge is 0.245 e. The fourth-order valence-corrected chi connectivity index (χ4v) is 4.15. The second kappa shape index (κ2) is 5.97. The van der Waals surface area contributed by atoms with Gasteiger partial charge >= 0.3 is 0 Å². The van der Waals surface area contributed by atoms with E-state index in [2.05, 4.69) is 0 Å². The predicted octanol–water partition coefficient (Wildman–Crippen LogP) is 2.26. The Morgan fingerprint density at radius 1 is 1.50 bits per heavy atom. The van der Waals surface area contributed by atoms with Crippen molar-refractivity contribution in [1.82, 2.24) is 4.31 Å². The zero-order valence-corrected chi connectivity index (χ0v) is 12.7. The van der Waals surface area contributed by atoms with E-state index >= 15 is 0 Å². The van der Waals surface area contributed by atoms with Gasteiger partial charge in [0.15, 0.2) is 0 Å². The minimum atomic E-state index is -3.89. The molecule has 0 aliphatic carbocycles. The molecule has 1 heterocycles. The monoisotopic (exact) mass is 321 g/mol. The molecule has 1 fully saturated rings. The number of benzene rings is 1. The molecule has 0 radical (unpaired) electrons. The first-order valence-corrected chi connectivity index (χ1v) is 8.27. The van der Waals surface area contributed by atoms with Gasteiger partial charge in [0.05, 0.1) is 6.10 Å². The summed E-state index contributed by atoms with van der Waals surface area (Å²) in [5.74, 6) is -0.967. The Morgan fingerprint density at radius 2 is 2.20 bits per heavy atom. The van der Waals surface area contributed by atoms with E-state index in [1.807, 2.05) is 0 Å². The molecule has 4 nitrogen and oxygen atoms in total. The fraction of sp³-hybridized carbons (Fsp3) is 0.538. The van der Waals surface area contributed by atoms with Crippen LogP contribution in [0.1, 0.15) is 19.8 Å². The first-order valence-electron chi connectivity index (χ1n) is 6.45. The van der Waals surface area contributed by atoms with E-state index in [0.717, 1.165) is 12.5 Å². The van der Waals surface area contributed by atoms with Crippen LogP contribution in [0, 0.1) is 11.7 Å². The molecule has 2 atom stereocenters. The maximum atomic E-state index is 13.8. The summed E-state index contributed by atoms with van der Waals surface area (Å²) in [6.45, 7) is 2.19. The van der Waals surface area contributed by atoms with Crippen molar-refractivity contribution in [2.45, 2.75) is 30.8 Å². The van der Waals surface area contributed by atoms with Gasteiger partial charge in [0.25, 0.3) is 0 Å². The van der Waals surface area contributed by atoms with Crippen LogP contribution in [0.4, 0.5) is 4.39 Å². The Bertz CT molecular complexity index is 591. The van der Waals surface area contributed by atoms with Crippen LogP contribution in [-0.4, -0.2) is 37.0 Å². The molecule has 0 amide bonds. The molecule has 1 aliphatic rings. The number of hydrogen-bond donors (Lipinski definition) is 1. The molecule has 2 rings (SSSR count). The molecule has 0 aromatic heterocycles. The van der Waals surface area contributed by atoms with Crippen LogP contribution < -0.4 is 0 Å². The van der Waals surface area contributed by atoms with Crippen LogP contribution in [0.2, 0.25) is 5.02 Å². The van der Waals surface area contributed by atoms with Crippen molar-refractivity contribution >= 4 is 21.6 Å². The summed E-state index contributed by atoms with van der Waals surface area (Å²) < 4.78 is 40.0. The van der Waals surface area contributed by atoms with Crippen LogP contribution in [-0.2, 0) is 10.0 Å². The molecular weight excluding hydrogens is 305 g/mol. The molecule has 1 aromatic carbocycles. The van der Waals surface area contributed by atoms with E-state index in [9.17, 15) is 17.9 Å². The topological polar surface area (TPSA) is 57.6 Å². The highest BCUT2D eigenvalue weighted by atomic mass is 35.5. The number of aliphatic hydroxyl groups is 1. The van der Waals surface area contributed by atoms with E-state index in [0.29, 0.717) is 13.0 Å². The third kappa shape index (κ3) is 3.14. The lowest BCUT2D eigenvalue weighted by Gasteiger charge is -2.33. The maximum Gasteiger partial charge on any atom is 0.245 e. The Kier molecular flexibility index (Phi) is 4.69. The molecule has 1 aliphatic heterocycles. The second-order valence-electron chi connectivity index (χ2n) is 5.08. The third-order valence-corrected chi connectivity index (χ3v) is 5.75. The molecule has 2 unspecified atom stereocenters. The SMILES string of the molecule is CC(O)C1CCCN(S(=O)(=O)c2ccc(Cl)cc2F)C1. The molecule has 1 N–H and O–H groups in total. The van der Waals surface area contributed by atoms with Crippen LogP contribution >= 0.6 is 11.6 Å². The number of sulfonamides is 1. The lowest BCUT2D eigenvalue weighted by molar-refractivity contribution is 0.0885. The van der Waals surface area contributed by atoms with Gasteiger partial charge in [0, 0.05) is 18.1 Å². The Balaban J connectivity index is 2.30. The molecule has 1 aromatic rings. The molecule has 0 bridgehead atoms. The zero-order valence-electron chi connectivity index (χ0n) is 11.1. The van der Waals surface area contributed by atoms with E-state index in [-0.39, 0.29) is 22.4 Å². The summed E-state index contributed by atoms with van der Waals surface area (Å²) in [7, 11) is -3.89. The first-order chi connectivity index (χ1) is 9.32. The molecule has 0 saturated carbocycles. The van der Waals surface area contributed by atoms with E-state index in [4.69, 9.17) is 11.6 Å². The second-order valence-corrected chi connectivity index (χ2v) is 7.42. The van der Waals surface area contributed by atoms with Gasteiger partial charge in [-0.25, -0.2) is 12.8 Å². The van der Waals surface area contributed by atoms with Gasteiger partial charge in [-0.05, 0) is 43.9 Å². The average molecular weight is 322 g/mol. The normalized spacial score (nSPS) is 22.7. The van der Waals surface area contributed by atoms with E-state index in [1.54, 1.807) is 6.92 Å². The lowest BCUT2D eigenvalue weighted by atomic mass is 9.95. The Hall–Kier alpha value is -0.690. The number of halogens is 2. The largest absolute Gasteiger partial charge is 0.393 e. The van der Waals surface area contributed by atoms with Gasteiger partial charge in [0.1, 0.15) is 10.7 Å². The minimum Gasteiger partial charge on any atom is -0.393 e. The van der Waals surface area contributed by atoms with Crippen molar-refractivity contribution in [3.63, 3.8) is 0 Å². The van der Waals surface area contributed by atoms with Crippen molar-refractivity contribution in [2.75, 3.05) is 13.1 Å². The summed E-state index contributed by atoms with van der Waals surface area (Å²) in [4.78, 5) is -0.367. The standard InChI is InChI=1S/C13H17ClFNO3S/c1-9(17)10-3-2-6-16(8-10)20(18,19)13-5-4-11(14)7-12(13)15/h4-5,7,9-10,17H,2-3,6,8H2,1H3. The lowest BCUT2D eigenvalue weighted by Crippen LogP contribution is -2.43. The van der Waals surface area contributed by atoms with Gasteiger partial charge in [-0.2, -0.15) is 4.31 Å².